The van der Waals surface area contributed by atoms with Crippen LogP contribution in [0.5, 0.6) is 0 Å². The SMILES string of the molecule is CCOC(=O)Nc1csc(N(C)C(=O)c2ccc(F)cc2)n1. The summed E-state index contributed by atoms with van der Waals surface area (Å²) in [4.78, 5) is 29.0. The Morgan fingerprint density at radius 2 is 2.05 bits per heavy atom. The number of halogens is 1. The van der Waals surface area contributed by atoms with Crippen molar-refractivity contribution in [1.82, 2.24) is 4.98 Å². The Hall–Kier alpha value is -2.48. The lowest BCUT2D eigenvalue weighted by Gasteiger charge is -2.13. The molecule has 0 fully saturated rings. The molecular formula is C14H14FN3O3S. The van der Waals surface area contributed by atoms with E-state index in [1.165, 1.54) is 40.5 Å². The number of carbonyl (C=O) groups is 2. The predicted octanol–water partition coefficient (Wildman–Crippen LogP) is 3.13. The molecule has 6 nitrogen and oxygen atoms in total. The number of thiazole rings is 1. The second-order valence-corrected chi connectivity index (χ2v) is 5.07. The fraction of sp³-hybridized carbons (Fsp3) is 0.214. The molecule has 0 bridgehead atoms. The highest BCUT2D eigenvalue weighted by Gasteiger charge is 2.17. The van der Waals surface area contributed by atoms with E-state index < -0.39 is 11.9 Å². The normalized spacial score (nSPS) is 10.1. The van der Waals surface area contributed by atoms with Crippen molar-refractivity contribution in [2.24, 2.45) is 0 Å². The van der Waals surface area contributed by atoms with Crippen LogP contribution in [0.25, 0.3) is 0 Å². The Morgan fingerprint density at radius 3 is 2.68 bits per heavy atom. The first kappa shape index (κ1) is 15.9. The van der Waals surface area contributed by atoms with Crippen LogP contribution in [0.2, 0.25) is 0 Å². The zero-order valence-corrected chi connectivity index (χ0v) is 12.8. The topological polar surface area (TPSA) is 71.5 Å². The number of amides is 2. The summed E-state index contributed by atoms with van der Waals surface area (Å²) >= 11 is 1.19. The van der Waals surface area contributed by atoms with Crippen LogP contribution in [0.15, 0.2) is 29.6 Å². The minimum Gasteiger partial charge on any atom is -0.450 e. The zero-order valence-electron chi connectivity index (χ0n) is 12.0. The number of aromatic nitrogens is 1. The number of nitrogens with zero attached hydrogens (tertiary/aromatic N) is 2. The molecule has 0 spiro atoms. The van der Waals surface area contributed by atoms with Crippen molar-refractivity contribution in [1.29, 1.82) is 0 Å². The minimum atomic E-state index is -0.605. The quantitative estimate of drug-likeness (QED) is 0.938. The summed E-state index contributed by atoms with van der Waals surface area (Å²) in [5.41, 5.74) is 0.346. The van der Waals surface area contributed by atoms with E-state index in [0.717, 1.165) is 0 Å². The number of carbonyl (C=O) groups excluding carboxylic acids is 2. The van der Waals surface area contributed by atoms with E-state index in [2.05, 4.69) is 10.3 Å². The van der Waals surface area contributed by atoms with Gasteiger partial charge in [0.2, 0.25) is 0 Å². The van der Waals surface area contributed by atoms with Gasteiger partial charge in [0.15, 0.2) is 5.13 Å². The molecule has 1 heterocycles. The molecule has 116 valence electrons. The van der Waals surface area contributed by atoms with E-state index in [9.17, 15) is 14.0 Å². The van der Waals surface area contributed by atoms with Gasteiger partial charge in [-0.2, -0.15) is 0 Å². The maximum absolute atomic E-state index is 12.9. The van der Waals surface area contributed by atoms with Crippen molar-refractivity contribution in [3.05, 3.63) is 41.0 Å². The highest BCUT2D eigenvalue weighted by molar-refractivity contribution is 7.14. The van der Waals surface area contributed by atoms with Gasteiger partial charge in [-0.05, 0) is 31.2 Å². The smallest absolute Gasteiger partial charge is 0.412 e. The van der Waals surface area contributed by atoms with E-state index >= 15 is 0 Å². The molecule has 0 atom stereocenters. The van der Waals surface area contributed by atoms with Gasteiger partial charge in [-0.15, -0.1) is 11.3 Å². The third-order valence-electron chi connectivity index (χ3n) is 2.68. The van der Waals surface area contributed by atoms with Gasteiger partial charge in [0.25, 0.3) is 5.91 Å². The van der Waals surface area contributed by atoms with Crippen LogP contribution in [-0.2, 0) is 4.74 Å². The van der Waals surface area contributed by atoms with Crippen molar-refractivity contribution in [3.8, 4) is 0 Å². The summed E-state index contributed by atoms with van der Waals surface area (Å²) in [5.74, 6) is -0.427. The molecule has 0 aliphatic carbocycles. The summed E-state index contributed by atoms with van der Waals surface area (Å²) in [7, 11) is 1.55. The van der Waals surface area contributed by atoms with Gasteiger partial charge in [0, 0.05) is 18.0 Å². The first-order valence-corrected chi connectivity index (χ1v) is 7.32. The molecule has 2 amide bonds. The zero-order chi connectivity index (χ0) is 16.1. The summed E-state index contributed by atoms with van der Waals surface area (Å²) in [6, 6.07) is 5.24. The lowest BCUT2D eigenvalue weighted by Crippen LogP contribution is -2.26. The van der Waals surface area contributed by atoms with Gasteiger partial charge in [-0.1, -0.05) is 0 Å². The fourth-order valence-electron chi connectivity index (χ4n) is 1.62. The minimum absolute atomic E-state index is 0.256. The first-order valence-electron chi connectivity index (χ1n) is 6.44. The number of benzene rings is 1. The molecule has 0 aliphatic rings. The molecule has 2 aromatic rings. The van der Waals surface area contributed by atoms with E-state index in [4.69, 9.17) is 4.74 Å². The molecular weight excluding hydrogens is 309 g/mol. The van der Waals surface area contributed by atoms with Crippen LogP contribution in [0.3, 0.4) is 0 Å². The maximum atomic E-state index is 12.9. The summed E-state index contributed by atoms with van der Waals surface area (Å²) in [6.45, 7) is 1.95. The van der Waals surface area contributed by atoms with Crippen molar-refractivity contribution < 1.29 is 18.7 Å². The van der Waals surface area contributed by atoms with Gasteiger partial charge in [0.05, 0.1) is 6.61 Å². The van der Waals surface area contributed by atoms with Crippen LogP contribution >= 0.6 is 11.3 Å². The highest BCUT2D eigenvalue weighted by atomic mass is 32.1. The third-order valence-corrected chi connectivity index (χ3v) is 3.60. The van der Waals surface area contributed by atoms with Crippen LogP contribution in [0.1, 0.15) is 17.3 Å². The van der Waals surface area contributed by atoms with Gasteiger partial charge in [-0.3, -0.25) is 15.0 Å². The fourth-order valence-corrected chi connectivity index (χ4v) is 2.34. The Balaban J connectivity index is 2.08. The number of ether oxygens (including phenoxy) is 1. The van der Waals surface area contributed by atoms with E-state index in [1.54, 1.807) is 19.4 Å². The van der Waals surface area contributed by atoms with Crippen molar-refractivity contribution >= 4 is 34.3 Å². The lowest BCUT2D eigenvalue weighted by molar-refractivity contribution is 0.0993. The average molecular weight is 323 g/mol. The average Bonchev–Trinajstić information content (AvgIpc) is 2.95. The second-order valence-electron chi connectivity index (χ2n) is 4.23. The molecule has 0 unspecified atom stereocenters. The van der Waals surface area contributed by atoms with Gasteiger partial charge < -0.3 is 4.74 Å². The molecule has 1 aromatic heterocycles. The Morgan fingerprint density at radius 1 is 1.36 bits per heavy atom. The molecule has 0 aliphatic heterocycles. The monoisotopic (exact) mass is 323 g/mol. The molecule has 22 heavy (non-hydrogen) atoms. The number of hydrogen-bond acceptors (Lipinski definition) is 5. The standard InChI is InChI=1S/C14H14FN3O3S/c1-3-21-14(20)17-11-8-22-13(16-11)18(2)12(19)9-4-6-10(15)7-5-9/h4-8H,3H2,1-2H3,(H,17,20). The first-order chi connectivity index (χ1) is 10.5. The summed E-state index contributed by atoms with van der Waals surface area (Å²) in [6.07, 6.45) is -0.605. The predicted molar refractivity (Wildman–Crippen MR) is 81.9 cm³/mol. The lowest BCUT2D eigenvalue weighted by atomic mass is 10.2. The molecule has 0 saturated heterocycles. The van der Waals surface area contributed by atoms with E-state index in [0.29, 0.717) is 16.5 Å². The maximum Gasteiger partial charge on any atom is 0.412 e. The Kier molecular flexibility index (Phi) is 5.05. The summed E-state index contributed by atoms with van der Waals surface area (Å²) in [5, 5.41) is 4.46. The molecule has 0 saturated carbocycles. The van der Waals surface area contributed by atoms with Crippen LogP contribution in [0, 0.1) is 5.82 Å². The second kappa shape index (κ2) is 6.99. The molecule has 2 rings (SSSR count). The molecule has 0 radical (unpaired) electrons. The largest absolute Gasteiger partial charge is 0.450 e. The molecule has 1 aromatic carbocycles. The van der Waals surface area contributed by atoms with Gasteiger partial charge in [-0.25, -0.2) is 14.2 Å². The highest BCUT2D eigenvalue weighted by Crippen LogP contribution is 2.24. The van der Waals surface area contributed by atoms with E-state index in [1.807, 2.05) is 0 Å². The van der Waals surface area contributed by atoms with Gasteiger partial charge >= 0.3 is 6.09 Å². The number of anilines is 2. The van der Waals surface area contributed by atoms with Crippen LogP contribution in [-0.4, -0.2) is 30.6 Å². The van der Waals surface area contributed by atoms with Crippen molar-refractivity contribution in [3.63, 3.8) is 0 Å². The summed E-state index contributed by atoms with van der Waals surface area (Å²) < 4.78 is 17.6. The number of rotatable bonds is 4. The Bertz CT molecular complexity index is 672. The van der Waals surface area contributed by atoms with Crippen molar-refractivity contribution in [2.75, 3.05) is 23.9 Å². The van der Waals surface area contributed by atoms with Crippen LogP contribution < -0.4 is 10.2 Å². The number of hydrogen-bond donors (Lipinski definition) is 1. The van der Waals surface area contributed by atoms with Crippen LogP contribution in [0.4, 0.5) is 20.1 Å². The van der Waals surface area contributed by atoms with Gasteiger partial charge in [0.1, 0.15) is 11.6 Å². The number of nitrogens with one attached hydrogen (secondary N) is 1. The Labute approximate surface area is 130 Å². The molecule has 8 heteroatoms. The van der Waals surface area contributed by atoms with E-state index in [-0.39, 0.29) is 12.5 Å². The third kappa shape index (κ3) is 3.79. The molecule has 1 N–H and O–H groups in total. The van der Waals surface area contributed by atoms with Crippen molar-refractivity contribution in [2.45, 2.75) is 6.92 Å².